The Morgan fingerprint density at radius 2 is 1.53 bits per heavy atom. The van der Waals surface area contributed by atoms with E-state index in [1.807, 2.05) is 53.4 Å². The average Bonchev–Trinajstić information content (AvgIpc) is 2.79. The molecule has 0 bridgehead atoms. The monoisotopic (exact) mass is 436 g/mol. The van der Waals surface area contributed by atoms with Crippen LogP contribution in [0, 0.1) is 0 Å². The molecule has 1 unspecified atom stereocenters. The third-order valence-electron chi connectivity index (χ3n) is 6.17. The number of nitrogens with one attached hydrogen (secondary N) is 1. The van der Waals surface area contributed by atoms with E-state index in [4.69, 9.17) is 4.74 Å². The van der Waals surface area contributed by atoms with Crippen LogP contribution in [0.4, 0.5) is 0 Å². The number of carbonyl (C=O) groups excluding carboxylic acids is 2. The molecule has 5 nitrogen and oxygen atoms in total. The maximum atomic E-state index is 12.8. The number of para-hydroxylation sites is 1. The molecule has 0 aromatic heterocycles. The Kier molecular flexibility index (Phi) is 7.94. The molecule has 0 radical (unpaired) electrons. The maximum absolute atomic E-state index is 12.8. The van der Waals surface area contributed by atoms with E-state index in [2.05, 4.69) is 33.0 Å². The number of ether oxygens (including phenoxy) is 1. The molecule has 172 valence electrons. The van der Waals surface area contributed by atoms with Crippen LogP contribution in [0.2, 0.25) is 0 Å². The van der Waals surface area contributed by atoms with E-state index in [0.717, 1.165) is 29.7 Å². The van der Waals surface area contributed by atoms with Crippen LogP contribution in [0.25, 0.3) is 0 Å². The van der Waals surface area contributed by atoms with Gasteiger partial charge in [0.25, 0.3) is 11.8 Å². The first-order valence-electron chi connectivity index (χ1n) is 11.7. The molecule has 0 saturated carbocycles. The van der Waals surface area contributed by atoms with Crippen molar-refractivity contribution in [2.24, 2.45) is 0 Å². The third-order valence-corrected chi connectivity index (χ3v) is 6.17. The molecule has 32 heavy (non-hydrogen) atoms. The number of amides is 2. The number of piperidine rings is 1. The Morgan fingerprint density at radius 1 is 0.906 bits per heavy atom. The van der Waals surface area contributed by atoms with E-state index < -0.39 is 6.10 Å². The zero-order valence-corrected chi connectivity index (χ0v) is 19.9. The summed E-state index contributed by atoms with van der Waals surface area (Å²) in [5, 5.41) is 3.10. The van der Waals surface area contributed by atoms with Gasteiger partial charge in [-0.05, 0) is 60.9 Å². The van der Waals surface area contributed by atoms with Crippen LogP contribution >= 0.6 is 0 Å². The highest BCUT2D eigenvalue weighted by Gasteiger charge is 2.26. The van der Waals surface area contributed by atoms with Crippen LogP contribution in [-0.4, -0.2) is 41.9 Å². The van der Waals surface area contributed by atoms with Crippen molar-refractivity contribution in [2.45, 2.75) is 71.4 Å². The lowest BCUT2D eigenvalue weighted by atomic mass is 10.00. The number of hydrogen-bond acceptors (Lipinski definition) is 3. The maximum Gasteiger partial charge on any atom is 0.260 e. The minimum absolute atomic E-state index is 0.0567. The molecule has 1 saturated heterocycles. The van der Waals surface area contributed by atoms with Gasteiger partial charge in [-0.1, -0.05) is 58.0 Å². The van der Waals surface area contributed by atoms with Gasteiger partial charge in [-0.3, -0.25) is 9.59 Å². The number of benzene rings is 2. The summed E-state index contributed by atoms with van der Waals surface area (Å²) in [5.41, 5.74) is 3.05. The van der Waals surface area contributed by atoms with Gasteiger partial charge >= 0.3 is 0 Å². The first-order chi connectivity index (χ1) is 15.3. The standard InChI is InChI=1S/C27H36N2O3/c1-18(2)21-10-12-22(13-11-21)27(31)29-16-14-23(15-17-29)28-26(30)20(5)32-25-9-7-6-8-24(25)19(3)4/h6-13,18-20,23H,14-17H2,1-5H3,(H,28,30). The van der Waals surface area contributed by atoms with Gasteiger partial charge in [-0.25, -0.2) is 0 Å². The second kappa shape index (κ2) is 10.7. The summed E-state index contributed by atoms with van der Waals surface area (Å²) in [7, 11) is 0. The summed E-state index contributed by atoms with van der Waals surface area (Å²) in [5.74, 6) is 1.48. The Morgan fingerprint density at radius 3 is 2.12 bits per heavy atom. The third kappa shape index (κ3) is 5.90. The summed E-state index contributed by atoms with van der Waals surface area (Å²) in [6, 6.07) is 15.8. The van der Waals surface area contributed by atoms with Gasteiger partial charge in [-0.15, -0.1) is 0 Å². The molecule has 0 aliphatic carbocycles. The van der Waals surface area contributed by atoms with Crippen LogP contribution in [0.5, 0.6) is 5.75 Å². The van der Waals surface area contributed by atoms with Crippen molar-refractivity contribution in [1.29, 1.82) is 0 Å². The minimum atomic E-state index is -0.575. The minimum Gasteiger partial charge on any atom is -0.481 e. The van der Waals surface area contributed by atoms with E-state index in [9.17, 15) is 9.59 Å². The van der Waals surface area contributed by atoms with Crippen molar-refractivity contribution >= 4 is 11.8 Å². The summed E-state index contributed by atoms with van der Waals surface area (Å²) < 4.78 is 5.98. The zero-order chi connectivity index (χ0) is 23.3. The highest BCUT2D eigenvalue weighted by Crippen LogP contribution is 2.27. The SMILES string of the molecule is CC(Oc1ccccc1C(C)C)C(=O)NC1CCN(C(=O)c2ccc(C(C)C)cc2)CC1. The summed E-state index contributed by atoms with van der Waals surface area (Å²) in [4.78, 5) is 27.4. The molecule has 1 N–H and O–H groups in total. The fourth-order valence-corrected chi connectivity index (χ4v) is 4.05. The number of nitrogens with zero attached hydrogens (tertiary/aromatic N) is 1. The number of likely N-dealkylation sites (tertiary alicyclic amines) is 1. The molecule has 1 atom stereocenters. The second-order valence-corrected chi connectivity index (χ2v) is 9.30. The molecule has 1 aliphatic heterocycles. The van der Waals surface area contributed by atoms with E-state index in [1.165, 1.54) is 5.56 Å². The Balaban J connectivity index is 1.50. The van der Waals surface area contributed by atoms with Crippen molar-refractivity contribution in [2.75, 3.05) is 13.1 Å². The van der Waals surface area contributed by atoms with Crippen LogP contribution in [0.1, 0.15) is 80.8 Å². The molecule has 5 heteroatoms. The lowest BCUT2D eigenvalue weighted by Crippen LogP contribution is -2.49. The Hall–Kier alpha value is -2.82. The summed E-state index contributed by atoms with van der Waals surface area (Å²) in [6.07, 6.45) is 0.919. The average molecular weight is 437 g/mol. The highest BCUT2D eigenvalue weighted by atomic mass is 16.5. The van der Waals surface area contributed by atoms with Gasteiger partial charge in [0.1, 0.15) is 5.75 Å². The smallest absolute Gasteiger partial charge is 0.260 e. The van der Waals surface area contributed by atoms with Crippen molar-refractivity contribution in [3.63, 3.8) is 0 Å². The number of rotatable bonds is 7. The van der Waals surface area contributed by atoms with Crippen LogP contribution in [0.15, 0.2) is 48.5 Å². The van der Waals surface area contributed by atoms with E-state index in [0.29, 0.717) is 24.9 Å². The molecule has 2 aromatic rings. The zero-order valence-electron chi connectivity index (χ0n) is 19.9. The normalized spacial score (nSPS) is 15.7. The van der Waals surface area contributed by atoms with Crippen molar-refractivity contribution in [3.8, 4) is 5.75 Å². The highest BCUT2D eigenvalue weighted by molar-refractivity contribution is 5.94. The fraction of sp³-hybridized carbons (Fsp3) is 0.481. The van der Waals surface area contributed by atoms with Crippen LogP contribution in [-0.2, 0) is 4.79 Å². The summed E-state index contributed by atoms with van der Waals surface area (Å²) in [6.45, 7) is 11.6. The van der Waals surface area contributed by atoms with E-state index in [-0.39, 0.29) is 17.9 Å². The molecular weight excluding hydrogens is 400 g/mol. The van der Waals surface area contributed by atoms with E-state index in [1.54, 1.807) is 6.92 Å². The number of carbonyl (C=O) groups is 2. The van der Waals surface area contributed by atoms with Gasteiger partial charge in [0.2, 0.25) is 0 Å². The summed E-state index contributed by atoms with van der Waals surface area (Å²) >= 11 is 0. The van der Waals surface area contributed by atoms with Crippen molar-refractivity contribution < 1.29 is 14.3 Å². The predicted molar refractivity (Wildman–Crippen MR) is 128 cm³/mol. The molecule has 0 spiro atoms. The van der Waals surface area contributed by atoms with Crippen molar-refractivity contribution in [3.05, 3.63) is 65.2 Å². The molecule has 1 heterocycles. The Bertz CT molecular complexity index is 913. The topological polar surface area (TPSA) is 58.6 Å². The van der Waals surface area contributed by atoms with Crippen molar-refractivity contribution in [1.82, 2.24) is 10.2 Å². The fourth-order valence-electron chi connectivity index (χ4n) is 4.05. The van der Waals surface area contributed by atoms with Gasteiger partial charge in [0, 0.05) is 24.7 Å². The van der Waals surface area contributed by atoms with Crippen LogP contribution < -0.4 is 10.1 Å². The van der Waals surface area contributed by atoms with Crippen LogP contribution in [0.3, 0.4) is 0 Å². The molecule has 3 rings (SSSR count). The Labute approximate surface area is 192 Å². The second-order valence-electron chi connectivity index (χ2n) is 9.30. The van der Waals surface area contributed by atoms with Gasteiger partial charge in [0.05, 0.1) is 0 Å². The van der Waals surface area contributed by atoms with Gasteiger partial charge < -0.3 is 15.0 Å². The number of hydrogen-bond donors (Lipinski definition) is 1. The van der Waals surface area contributed by atoms with E-state index >= 15 is 0 Å². The quantitative estimate of drug-likeness (QED) is 0.655. The lowest BCUT2D eigenvalue weighted by Gasteiger charge is -2.33. The first-order valence-corrected chi connectivity index (χ1v) is 11.7. The van der Waals surface area contributed by atoms with Gasteiger partial charge in [0.15, 0.2) is 6.10 Å². The predicted octanol–water partition coefficient (Wildman–Crippen LogP) is 5.12. The largest absolute Gasteiger partial charge is 0.481 e. The molecule has 1 fully saturated rings. The lowest BCUT2D eigenvalue weighted by molar-refractivity contribution is -0.128. The molecular formula is C27H36N2O3. The van der Waals surface area contributed by atoms with Gasteiger partial charge in [-0.2, -0.15) is 0 Å². The molecule has 2 aromatic carbocycles. The molecule has 2 amide bonds. The first kappa shape index (κ1) is 23.8. The molecule has 1 aliphatic rings.